The van der Waals surface area contributed by atoms with Crippen molar-refractivity contribution in [3.8, 4) is 5.75 Å². The number of methoxy groups -OCH3 is 1. The van der Waals surface area contributed by atoms with Crippen LogP contribution >= 0.6 is 0 Å². The van der Waals surface area contributed by atoms with E-state index in [1.165, 1.54) is 0 Å². The average molecular weight is 392 g/mol. The molecular weight excluding hydrogens is 364 g/mol. The number of rotatable bonds is 5. The van der Waals surface area contributed by atoms with E-state index in [9.17, 15) is 9.59 Å². The summed E-state index contributed by atoms with van der Waals surface area (Å²) < 4.78 is 5.27. The Morgan fingerprint density at radius 2 is 1.66 bits per heavy atom. The van der Waals surface area contributed by atoms with Crippen LogP contribution in [0.5, 0.6) is 5.75 Å². The molecule has 0 bridgehead atoms. The first-order valence-electron chi connectivity index (χ1n) is 10.5. The molecule has 1 aliphatic heterocycles. The van der Waals surface area contributed by atoms with Crippen LogP contribution in [0.3, 0.4) is 0 Å². The van der Waals surface area contributed by atoms with Gasteiger partial charge in [0.15, 0.2) is 0 Å². The van der Waals surface area contributed by atoms with Gasteiger partial charge < -0.3 is 15.0 Å². The smallest absolute Gasteiger partial charge is 0.254 e. The second kappa shape index (κ2) is 8.68. The summed E-state index contributed by atoms with van der Waals surface area (Å²) in [5, 5.41) is 2.93. The molecule has 0 aromatic heterocycles. The molecule has 2 aliphatic rings. The van der Waals surface area contributed by atoms with Crippen molar-refractivity contribution in [3.05, 3.63) is 59.7 Å². The summed E-state index contributed by atoms with van der Waals surface area (Å²) in [6.45, 7) is 0.760. The highest BCUT2D eigenvalue weighted by Crippen LogP contribution is 2.33. The van der Waals surface area contributed by atoms with E-state index in [2.05, 4.69) is 17.4 Å². The Morgan fingerprint density at radius 3 is 2.31 bits per heavy atom. The Morgan fingerprint density at radius 1 is 0.931 bits per heavy atom. The first-order chi connectivity index (χ1) is 14.2. The van der Waals surface area contributed by atoms with Gasteiger partial charge in [-0.15, -0.1) is 0 Å². The molecule has 2 amide bonds. The zero-order valence-corrected chi connectivity index (χ0v) is 16.9. The van der Waals surface area contributed by atoms with E-state index in [-0.39, 0.29) is 23.8 Å². The molecule has 1 heterocycles. The second-order valence-corrected chi connectivity index (χ2v) is 7.98. The van der Waals surface area contributed by atoms with Gasteiger partial charge in [0.05, 0.1) is 13.2 Å². The van der Waals surface area contributed by atoms with Gasteiger partial charge in [0.2, 0.25) is 5.91 Å². The predicted octanol–water partition coefficient (Wildman–Crippen LogP) is 4.80. The molecule has 5 nitrogen and oxygen atoms in total. The van der Waals surface area contributed by atoms with Crippen LogP contribution < -0.4 is 10.1 Å². The second-order valence-electron chi connectivity index (χ2n) is 7.98. The molecule has 29 heavy (non-hydrogen) atoms. The van der Waals surface area contributed by atoms with Gasteiger partial charge in [-0.25, -0.2) is 0 Å². The van der Waals surface area contributed by atoms with Crippen molar-refractivity contribution < 1.29 is 14.3 Å². The van der Waals surface area contributed by atoms with Gasteiger partial charge in [-0.3, -0.25) is 9.59 Å². The summed E-state index contributed by atoms with van der Waals surface area (Å²) in [5.74, 6) is 1.12. The molecule has 0 unspecified atom stereocenters. The summed E-state index contributed by atoms with van der Waals surface area (Å²) in [7, 11) is 1.66. The number of amides is 2. The number of likely N-dealkylation sites (tertiary alicyclic amines) is 1. The van der Waals surface area contributed by atoms with Crippen molar-refractivity contribution in [1.82, 2.24) is 4.90 Å². The molecule has 0 radical (unpaired) electrons. The molecular formula is C24H28N2O3. The number of anilines is 1. The Labute approximate surface area is 172 Å². The topological polar surface area (TPSA) is 58.6 Å². The molecule has 1 aliphatic carbocycles. The number of carbonyl (C=O) groups is 2. The Hall–Kier alpha value is -2.82. The average Bonchev–Trinajstić information content (AvgIpc) is 3.61. The molecule has 2 fully saturated rings. The van der Waals surface area contributed by atoms with Crippen molar-refractivity contribution in [3.63, 3.8) is 0 Å². The number of hydrogen-bond acceptors (Lipinski definition) is 3. The molecule has 4 rings (SSSR count). The lowest BCUT2D eigenvalue weighted by Crippen LogP contribution is -2.34. The van der Waals surface area contributed by atoms with Crippen molar-refractivity contribution in [2.75, 3.05) is 19.0 Å². The SMILES string of the molecule is COc1ccc([C@H]2CCCCCN2C(=O)c2ccc(NC(=O)C3CC3)cc2)cc1. The lowest BCUT2D eigenvalue weighted by atomic mass is 10.00. The highest BCUT2D eigenvalue weighted by atomic mass is 16.5. The Balaban J connectivity index is 1.51. The zero-order valence-electron chi connectivity index (χ0n) is 16.9. The minimum absolute atomic E-state index is 0.0489. The predicted molar refractivity (Wildman–Crippen MR) is 113 cm³/mol. The maximum absolute atomic E-state index is 13.3. The number of carbonyl (C=O) groups excluding carboxylic acids is 2. The van der Waals surface area contributed by atoms with Gasteiger partial charge in [-0.05, 0) is 67.6 Å². The van der Waals surface area contributed by atoms with Gasteiger partial charge in [-0.1, -0.05) is 25.0 Å². The van der Waals surface area contributed by atoms with Gasteiger partial charge in [0.1, 0.15) is 5.75 Å². The van der Waals surface area contributed by atoms with E-state index in [0.29, 0.717) is 5.56 Å². The molecule has 2 aromatic carbocycles. The van der Waals surface area contributed by atoms with Crippen molar-refractivity contribution >= 4 is 17.5 Å². The third-order valence-corrected chi connectivity index (χ3v) is 5.86. The number of nitrogens with zero attached hydrogens (tertiary/aromatic N) is 1. The lowest BCUT2D eigenvalue weighted by Gasteiger charge is -2.31. The molecule has 2 aromatic rings. The van der Waals surface area contributed by atoms with E-state index in [4.69, 9.17) is 4.74 Å². The van der Waals surface area contributed by atoms with Crippen LogP contribution in [-0.2, 0) is 4.79 Å². The molecule has 1 saturated carbocycles. The summed E-state index contributed by atoms with van der Waals surface area (Å²) >= 11 is 0. The van der Waals surface area contributed by atoms with Crippen LogP contribution in [0.15, 0.2) is 48.5 Å². The van der Waals surface area contributed by atoms with Crippen molar-refractivity contribution in [1.29, 1.82) is 0 Å². The molecule has 1 N–H and O–H groups in total. The first kappa shape index (κ1) is 19.5. The van der Waals surface area contributed by atoms with Gasteiger partial charge in [-0.2, -0.15) is 0 Å². The minimum atomic E-state index is 0.0489. The maximum atomic E-state index is 13.3. The highest BCUT2D eigenvalue weighted by Gasteiger charge is 2.30. The van der Waals surface area contributed by atoms with Crippen molar-refractivity contribution in [2.45, 2.75) is 44.6 Å². The number of ether oxygens (including phenoxy) is 1. The third kappa shape index (κ3) is 4.61. The number of nitrogens with one attached hydrogen (secondary N) is 1. The summed E-state index contributed by atoms with van der Waals surface area (Å²) in [6.07, 6.45) is 6.20. The van der Waals surface area contributed by atoms with Crippen LogP contribution in [0.25, 0.3) is 0 Å². The normalized spacial score (nSPS) is 19.3. The van der Waals surface area contributed by atoms with Crippen LogP contribution in [0.4, 0.5) is 5.69 Å². The standard InChI is InChI=1S/C24H28N2O3/c1-29-21-14-10-17(11-15-21)22-5-3-2-4-16-26(22)24(28)19-8-12-20(13-9-19)25-23(27)18-6-7-18/h8-15,18,22H,2-7,16H2,1H3,(H,25,27)/t22-/m1/s1. The zero-order chi connectivity index (χ0) is 20.2. The Kier molecular flexibility index (Phi) is 5.84. The molecule has 152 valence electrons. The van der Waals surface area contributed by atoms with Crippen LogP contribution in [0.1, 0.15) is 60.5 Å². The van der Waals surface area contributed by atoms with Crippen LogP contribution in [-0.4, -0.2) is 30.4 Å². The minimum Gasteiger partial charge on any atom is -0.497 e. The molecule has 1 saturated heterocycles. The van der Waals surface area contributed by atoms with Gasteiger partial charge in [0.25, 0.3) is 5.91 Å². The molecule has 5 heteroatoms. The van der Waals surface area contributed by atoms with Crippen LogP contribution in [0, 0.1) is 5.92 Å². The largest absolute Gasteiger partial charge is 0.497 e. The van der Waals surface area contributed by atoms with E-state index < -0.39 is 0 Å². The molecule has 1 atom stereocenters. The highest BCUT2D eigenvalue weighted by molar-refractivity contribution is 5.97. The quantitative estimate of drug-likeness (QED) is 0.795. The Bertz CT molecular complexity index is 857. The summed E-state index contributed by atoms with van der Waals surface area (Å²) in [4.78, 5) is 27.3. The van der Waals surface area contributed by atoms with Crippen molar-refractivity contribution in [2.24, 2.45) is 5.92 Å². The van der Waals surface area contributed by atoms with E-state index in [0.717, 1.165) is 62.1 Å². The van der Waals surface area contributed by atoms with Gasteiger partial charge >= 0.3 is 0 Å². The van der Waals surface area contributed by atoms with Crippen LogP contribution in [0.2, 0.25) is 0 Å². The van der Waals surface area contributed by atoms with E-state index in [1.807, 2.05) is 41.3 Å². The fourth-order valence-electron chi connectivity index (χ4n) is 3.98. The van der Waals surface area contributed by atoms with E-state index >= 15 is 0 Å². The lowest BCUT2D eigenvalue weighted by molar-refractivity contribution is -0.117. The summed E-state index contributed by atoms with van der Waals surface area (Å²) in [6, 6.07) is 15.4. The maximum Gasteiger partial charge on any atom is 0.254 e. The first-order valence-corrected chi connectivity index (χ1v) is 10.5. The summed E-state index contributed by atoms with van der Waals surface area (Å²) in [5.41, 5.74) is 2.56. The van der Waals surface area contributed by atoms with E-state index in [1.54, 1.807) is 7.11 Å². The van der Waals surface area contributed by atoms with Gasteiger partial charge in [0, 0.05) is 23.7 Å². The third-order valence-electron chi connectivity index (χ3n) is 5.86. The number of benzene rings is 2. The molecule has 0 spiro atoms. The monoisotopic (exact) mass is 392 g/mol. The fraction of sp³-hybridized carbons (Fsp3) is 0.417. The number of hydrogen-bond donors (Lipinski definition) is 1. The fourth-order valence-corrected chi connectivity index (χ4v) is 3.98.